The van der Waals surface area contributed by atoms with Crippen LogP contribution in [0.5, 0.6) is 0 Å². The number of methoxy groups -OCH3 is 1. The predicted octanol–water partition coefficient (Wildman–Crippen LogP) is 1.73. The van der Waals surface area contributed by atoms with E-state index in [1.54, 1.807) is 31.2 Å². The Morgan fingerprint density at radius 1 is 1.08 bits per heavy atom. The molecule has 1 atom stereocenters. The lowest BCUT2D eigenvalue weighted by atomic mass is 9.99. The second kappa shape index (κ2) is 9.03. The van der Waals surface area contributed by atoms with E-state index in [1.807, 2.05) is 0 Å². The molecule has 0 aromatic heterocycles. The largest absolute Gasteiger partial charge is 0.453 e. The third-order valence-corrected chi connectivity index (χ3v) is 3.93. The maximum atomic E-state index is 12.2. The molecule has 8 heteroatoms. The summed E-state index contributed by atoms with van der Waals surface area (Å²) in [7, 11) is 1.28. The minimum Gasteiger partial charge on any atom is -0.453 e. The summed E-state index contributed by atoms with van der Waals surface area (Å²) in [4.78, 5) is 35.5. The summed E-state index contributed by atoms with van der Waals surface area (Å²) in [5.41, 5.74) is 1.11. The molecule has 8 nitrogen and oxygen atoms in total. The lowest BCUT2D eigenvalue weighted by Crippen LogP contribution is -2.45. The Hall–Kier alpha value is -2.61. The van der Waals surface area contributed by atoms with Gasteiger partial charge in [-0.05, 0) is 44.0 Å². The molecule has 0 radical (unpaired) electrons. The van der Waals surface area contributed by atoms with Crippen LogP contribution in [0.1, 0.15) is 19.8 Å². The van der Waals surface area contributed by atoms with E-state index >= 15 is 0 Å². The molecule has 3 N–H and O–H groups in total. The van der Waals surface area contributed by atoms with Crippen molar-refractivity contribution < 1.29 is 23.9 Å². The Morgan fingerprint density at radius 3 is 2.20 bits per heavy atom. The molecule has 0 spiro atoms. The summed E-state index contributed by atoms with van der Waals surface area (Å²) >= 11 is 0. The Bertz CT molecular complexity index is 611. The fourth-order valence-electron chi connectivity index (χ4n) is 2.41. The van der Waals surface area contributed by atoms with Crippen LogP contribution in [-0.2, 0) is 19.1 Å². The van der Waals surface area contributed by atoms with E-state index in [0.29, 0.717) is 37.4 Å². The van der Waals surface area contributed by atoms with Crippen LogP contribution in [0.3, 0.4) is 0 Å². The number of carbonyl (C=O) groups is 3. The van der Waals surface area contributed by atoms with Gasteiger partial charge in [0.2, 0.25) is 11.8 Å². The summed E-state index contributed by atoms with van der Waals surface area (Å²) < 4.78 is 9.73. The standard InChI is InChI=1S/C17H23N3O5/c1-11(18-16(22)12-7-9-25-10-8-12)15(21)19-13-3-5-14(6-4-13)20-17(23)24-2/h3-6,11-12H,7-10H2,1-2H3,(H,18,22)(H,19,21)(H,20,23)/t11-/m0/s1. The molecule has 1 aromatic carbocycles. The fourth-order valence-corrected chi connectivity index (χ4v) is 2.41. The highest BCUT2D eigenvalue weighted by Gasteiger charge is 2.24. The van der Waals surface area contributed by atoms with Gasteiger partial charge in [0, 0.05) is 30.5 Å². The van der Waals surface area contributed by atoms with Gasteiger partial charge >= 0.3 is 6.09 Å². The van der Waals surface area contributed by atoms with Crippen LogP contribution >= 0.6 is 0 Å². The highest BCUT2D eigenvalue weighted by Crippen LogP contribution is 2.16. The van der Waals surface area contributed by atoms with Crippen molar-refractivity contribution in [2.75, 3.05) is 31.0 Å². The first-order valence-corrected chi connectivity index (χ1v) is 8.13. The molecule has 0 unspecified atom stereocenters. The molecule has 1 aromatic rings. The van der Waals surface area contributed by atoms with Gasteiger partial charge in [0.15, 0.2) is 0 Å². The van der Waals surface area contributed by atoms with Crippen molar-refractivity contribution >= 4 is 29.3 Å². The lowest BCUT2D eigenvalue weighted by Gasteiger charge is -2.23. The van der Waals surface area contributed by atoms with Gasteiger partial charge in [-0.25, -0.2) is 4.79 Å². The zero-order valence-corrected chi connectivity index (χ0v) is 14.3. The van der Waals surface area contributed by atoms with Crippen LogP contribution in [0, 0.1) is 5.92 Å². The molecule has 3 amide bonds. The van der Waals surface area contributed by atoms with Crippen molar-refractivity contribution in [1.82, 2.24) is 5.32 Å². The molecule has 136 valence electrons. The minimum atomic E-state index is -0.650. The number of anilines is 2. The van der Waals surface area contributed by atoms with Crippen molar-refractivity contribution in [2.45, 2.75) is 25.8 Å². The van der Waals surface area contributed by atoms with E-state index in [0.717, 1.165) is 0 Å². The van der Waals surface area contributed by atoms with Gasteiger partial charge in [0.25, 0.3) is 0 Å². The van der Waals surface area contributed by atoms with Crippen LogP contribution in [0.2, 0.25) is 0 Å². The lowest BCUT2D eigenvalue weighted by molar-refractivity contribution is -0.131. The molecule has 1 heterocycles. The first-order chi connectivity index (χ1) is 12.0. The molecule has 25 heavy (non-hydrogen) atoms. The summed E-state index contributed by atoms with van der Waals surface area (Å²) in [5, 5.41) is 7.97. The van der Waals surface area contributed by atoms with Gasteiger partial charge in [-0.15, -0.1) is 0 Å². The van der Waals surface area contributed by atoms with Gasteiger partial charge in [0.1, 0.15) is 6.04 Å². The molecule has 0 bridgehead atoms. The van der Waals surface area contributed by atoms with Crippen molar-refractivity contribution in [3.63, 3.8) is 0 Å². The molecule has 0 saturated carbocycles. The number of nitrogens with one attached hydrogen (secondary N) is 3. The number of ether oxygens (including phenoxy) is 2. The molecule has 1 aliphatic rings. The minimum absolute atomic E-state index is 0.104. The summed E-state index contributed by atoms with van der Waals surface area (Å²) in [6.45, 7) is 2.79. The third kappa shape index (κ3) is 5.75. The monoisotopic (exact) mass is 349 g/mol. The topological polar surface area (TPSA) is 106 Å². The summed E-state index contributed by atoms with van der Waals surface area (Å²) in [6, 6.07) is 5.92. The van der Waals surface area contributed by atoms with Crippen LogP contribution in [0.15, 0.2) is 24.3 Å². The molecule has 2 rings (SSSR count). The Balaban J connectivity index is 1.83. The summed E-state index contributed by atoms with van der Waals surface area (Å²) in [5.74, 6) is -0.537. The van der Waals surface area contributed by atoms with Gasteiger partial charge in [-0.2, -0.15) is 0 Å². The number of benzene rings is 1. The number of carbonyl (C=O) groups excluding carboxylic acids is 3. The highest BCUT2D eigenvalue weighted by molar-refractivity contribution is 5.97. The average molecular weight is 349 g/mol. The predicted molar refractivity (Wildman–Crippen MR) is 92.2 cm³/mol. The Kier molecular flexibility index (Phi) is 6.76. The smallest absolute Gasteiger partial charge is 0.411 e. The second-order valence-corrected chi connectivity index (χ2v) is 5.80. The van der Waals surface area contributed by atoms with Gasteiger partial charge in [-0.3, -0.25) is 14.9 Å². The van der Waals surface area contributed by atoms with E-state index < -0.39 is 12.1 Å². The zero-order valence-electron chi connectivity index (χ0n) is 14.3. The SMILES string of the molecule is COC(=O)Nc1ccc(NC(=O)[C@H](C)NC(=O)C2CCOCC2)cc1. The van der Waals surface area contributed by atoms with E-state index in [-0.39, 0.29) is 17.7 Å². The maximum absolute atomic E-state index is 12.2. The first-order valence-electron chi connectivity index (χ1n) is 8.13. The second-order valence-electron chi connectivity index (χ2n) is 5.80. The molecular weight excluding hydrogens is 326 g/mol. The van der Waals surface area contributed by atoms with Gasteiger partial charge < -0.3 is 20.1 Å². The Labute approximate surface area is 146 Å². The molecular formula is C17H23N3O5. The average Bonchev–Trinajstić information content (AvgIpc) is 2.63. The molecule has 1 saturated heterocycles. The normalized spacial score (nSPS) is 15.8. The molecule has 0 aliphatic carbocycles. The molecule has 1 aliphatic heterocycles. The van der Waals surface area contributed by atoms with Gasteiger partial charge in [0.05, 0.1) is 7.11 Å². The van der Waals surface area contributed by atoms with Crippen LogP contribution in [0.25, 0.3) is 0 Å². The highest BCUT2D eigenvalue weighted by atomic mass is 16.5. The van der Waals surface area contributed by atoms with E-state index in [2.05, 4.69) is 20.7 Å². The van der Waals surface area contributed by atoms with Crippen molar-refractivity contribution in [3.05, 3.63) is 24.3 Å². The maximum Gasteiger partial charge on any atom is 0.411 e. The zero-order chi connectivity index (χ0) is 18.2. The van der Waals surface area contributed by atoms with E-state index in [4.69, 9.17) is 4.74 Å². The van der Waals surface area contributed by atoms with Crippen molar-refractivity contribution in [2.24, 2.45) is 5.92 Å². The quantitative estimate of drug-likeness (QED) is 0.751. The Morgan fingerprint density at radius 2 is 1.64 bits per heavy atom. The number of rotatable bonds is 5. The first kappa shape index (κ1) is 18.7. The van der Waals surface area contributed by atoms with Crippen LogP contribution in [-0.4, -0.2) is 44.3 Å². The number of hydrogen-bond donors (Lipinski definition) is 3. The van der Waals surface area contributed by atoms with Crippen molar-refractivity contribution in [1.29, 1.82) is 0 Å². The third-order valence-electron chi connectivity index (χ3n) is 3.93. The fraction of sp³-hybridized carbons (Fsp3) is 0.471. The van der Waals surface area contributed by atoms with Crippen LogP contribution in [0.4, 0.5) is 16.2 Å². The molecule has 1 fully saturated rings. The van der Waals surface area contributed by atoms with E-state index in [9.17, 15) is 14.4 Å². The van der Waals surface area contributed by atoms with Gasteiger partial charge in [-0.1, -0.05) is 0 Å². The summed E-state index contributed by atoms with van der Waals surface area (Å²) in [6.07, 6.45) is 0.783. The number of hydrogen-bond acceptors (Lipinski definition) is 5. The number of amides is 3. The van der Waals surface area contributed by atoms with Crippen LogP contribution < -0.4 is 16.0 Å². The van der Waals surface area contributed by atoms with Crippen molar-refractivity contribution in [3.8, 4) is 0 Å². The van der Waals surface area contributed by atoms with E-state index in [1.165, 1.54) is 7.11 Å².